The molecular formula is C26H58N2. The van der Waals surface area contributed by atoms with Crippen molar-refractivity contribution >= 4 is 0 Å². The van der Waals surface area contributed by atoms with Crippen molar-refractivity contribution in [3.8, 4) is 0 Å². The van der Waals surface area contributed by atoms with Gasteiger partial charge in [0.1, 0.15) is 0 Å². The molecule has 2 nitrogen and oxygen atoms in total. The highest BCUT2D eigenvalue weighted by Crippen LogP contribution is 2.13. The van der Waals surface area contributed by atoms with Crippen molar-refractivity contribution < 1.29 is 0 Å². The van der Waals surface area contributed by atoms with E-state index in [1.807, 2.05) is 0 Å². The molecule has 0 amide bonds. The molecule has 0 heterocycles. The van der Waals surface area contributed by atoms with Gasteiger partial charge in [-0.15, -0.1) is 0 Å². The molecule has 0 aromatic carbocycles. The lowest BCUT2D eigenvalue weighted by atomic mass is 10.0. The van der Waals surface area contributed by atoms with Crippen molar-refractivity contribution in [1.82, 2.24) is 0 Å². The molecule has 0 saturated heterocycles. The SMILES string of the molecule is CCCCCCCCCCCCCCCCCN.CCCCCCCCCN. The largest absolute Gasteiger partial charge is 0.330 e. The monoisotopic (exact) mass is 398 g/mol. The second-order valence-electron chi connectivity index (χ2n) is 8.65. The van der Waals surface area contributed by atoms with Gasteiger partial charge in [0, 0.05) is 0 Å². The van der Waals surface area contributed by atoms with Crippen LogP contribution in [0, 0.1) is 0 Å². The van der Waals surface area contributed by atoms with E-state index in [0.717, 1.165) is 13.1 Å². The van der Waals surface area contributed by atoms with E-state index >= 15 is 0 Å². The van der Waals surface area contributed by atoms with Gasteiger partial charge in [0.2, 0.25) is 0 Å². The molecule has 2 heteroatoms. The predicted molar refractivity (Wildman–Crippen MR) is 131 cm³/mol. The van der Waals surface area contributed by atoms with Gasteiger partial charge in [-0.3, -0.25) is 0 Å². The van der Waals surface area contributed by atoms with Gasteiger partial charge < -0.3 is 11.5 Å². The summed E-state index contributed by atoms with van der Waals surface area (Å²) in [7, 11) is 0. The molecule has 0 unspecified atom stereocenters. The summed E-state index contributed by atoms with van der Waals surface area (Å²) in [5, 5.41) is 0. The van der Waals surface area contributed by atoms with Crippen LogP contribution in [-0.4, -0.2) is 13.1 Å². The van der Waals surface area contributed by atoms with Crippen LogP contribution >= 0.6 is 0 Å². The summed E-state index contributed by atoms with van der Waals surface area (Å²) >= 11 is 0. The lowest BCUT2D eigenvalue weighted by Crippen LogP contribution is -1.97. The zero-order valence-corrected chi connectivity index (χ0v) is 20.1. The van der Waals surface area contributed by atoms with Crippen molar-refractivity contribution in [3.05, 3.63) is 0 Å². The Balaban J connectivity index is 0. The minimum Gasteiger partial charge on any atom is -0.330 e. The highest BCUT2D eigenvalue weighted by atomic mass is 14.5. The summed E-state index contributed by atoms with van der Waals surface area (Å²) < 4.78 is 0. The zero-order chi connectivity index (χ0) is 21.0. The van der Waals surface area contributed by atoms with Crippen LogP contribution in [0.15, 0.2) is 0 Å². The second-order valence-corrected chi connectivity index (χ2v) is 8.65. The van der Waals surface area contributed by atoms with Crippen LogP contribution in [0.25, 0.3) is 0 Å². The molecule has 0 aliphatic heterocycles. The van der Waals surface area contributed by atoms with Gasteiger partial charge >= 0.3 is 0 Å². The molecule has 0 aromatic rings. The quantitative estimate of drug-likeness (QED) is 0.179. The molecule has 0 spiro atoms. The number of nitrogens with two attached hydrogens (primary N) is 2. The molecule has 0 aromatic heterocycles. The molecule has 28 heavy (non-hydrogen) atoms. The van der Waals surface area contributed by atoms with Crippen LogP contribution in [-0.2, 0) is 0 Å². The Bertz CT molecular complexity index is 206. The van der Waals surface area contributed by atoms with Crippen molar-refractivity contribution in [2.75, 3.05) is 13.1 Å². The third-order valence-corrected chi connectivity index (χ3v) is 5.62. The molecule has 0 radical (unpaired) electrons. The minimum absolute atomic E-state index is 0.869. The van der Waals surface area contributed by atoms with E-state index in [9.17, 15) is 0 Å². The minimum atomic E-state index is 0.869. The molecule has 0 saturated carbocycles. The van der Waals surface area contributed by atoms with Gasteiger partial charge in [-0.25, -0.2) is 0 Å². The lowest BCUT2D eigenvalue weighted by molar-refractivity contribution is 0.533. The van der Waals surface area contributed by atoms with Gasteiger partial charge in [-0.2, -0.15) is 0 Å². The highest BCUT2D eigenvalue weighted by molar-refractivity contribution is 4.49. The maximum absolute atomic E-state index is 5.48. The zero-order valence-electron chi connectivity index (χ0n) is 20.1. The van der Waals surface area contributed by atoms with Crippen LogP contribution < -0.4 is 11.5 Å². The summed E-state index contributed by atoms with van der Waals surface area (Å²) in [6, 6.07) is 0. The summed E-state index contributed by atoms with van der Waals surface area (Å²) in [4.78, 5) is 0. The molecule has 4 N–H and O–H groups in total. The Morgan fingerprint density at radius 3 is 0.643 bits per heavy atom. The topological polar surface area (TPSA) is 52.0 Å². The van der Waals surface area contributed by atoms with E-state index in [0.29, 0.717) is 0 Å². The Kier molecular flexibility index (Phi) is 34.0. The fourth-order valence-electron chi connectivity index (χ4n) is 3.62. The van der Waals surface area contributed by atoms with Crippen molar-refractivity contribution in [1.29, 1.82) is 0 Å². The van der Waals surface area contributed by atoms with Crippen LogP contribution in [0.3, 0.4) is 0 Å². The van der Waals surface area contributed by atoms with Crippen LogP contribution in [0.1, 0.15) is 155 Å². The average Bonchev–Trinajstić information content (AvgIpc) is 2.71. The summed E-state index contributed by atoms with van der Waals surface area (Å²) in [6.45, 7) is 6.28. The first-order valence-corrected chi connectivity index (χ1v) is 13.2. The third kappa shape index (κ3) is 33.5. The van der Waals surface area contributed by atoms with Gasteiger partial charge in [-0.1, -0.05) is 142 Å². The van der Waals surface area contributed by atoms with Crippen LogP contribution in [0.2, 0.25) is 0 Å². The maximum atomic E-state index is 5.48. The van der Waals surface area contributed by atoms with Crippen molar-refractivity contribution in [2.24, 2.45) is 11.5 Å². The Hall–Kier alpha value is -0.0800. The summed E-state index contributed by atoms with van der Waals surface area (Å²) in [5.41, 5.74) is 10.8. The Labute approximate surface area is 180 Å². The van der Waals surface area contributed by atoms with Crippen LogP contribution in [0.5, 0.6) is 0 Å². The fourth-order valence-corrected chi connectivity index (χ4v) is 3.62. The molecular weight excluding hydrogens is 340 g/mol. The number of unbranched alkanes of at least 4 members (excludes halogenated alkanes) is 20. The van der Waals surface area contributed by atoms with E-state index < -0.39 is 0 Å². The van der Waals surface area contributed by atoms with E-state index in [2.05, 4.69) is 13.8 Å². The standard InChI is InChI=1S/C17H37N.C9H21N/c1-2-3-4-5-6-7-8-9-10-11-12-13-14-15-16-17-18;1-2-3-4-5-6-7-8-9-10/h2-18H2,1H3;2-10H2,1H3. The summed E-state index contributed by atoms with van der Waals surface area (Å²) in [5.74, 6) is 0. The van der Waals surface area contributed by atoms with E-state index in [-0.39, 0.29) is 0 Å². The molecule has 0 bridgehead atoms. The second kappa shape index (κ2) is 31.6. The number of hydrogen-bond acceptors (Lipinski definition) is 2. The molecule has 0 aliphatic carbocycles. The van der Waals surface area contributed by atoms with E-state index in [1.165, 1.54) is 141 Å². The molecule has 172 valence electrons. The first-order valence-electron chi connectivity index (χ1n) is 13.2. The Morgan fingerprint density at radius 1 is 0.286 bits per heavy atom. The third-order valence-electron chi connectivity index (χ3n) is 5.62. The van der Waals surface area contributed by atoms with Gasteiger partial charge in [0.15, 0.2) is 0 Å². The highest BCUT2D eigenvalue weighted by Gasteiger charge is 1.93. The molecule has 0 rings (SSSR count). The smallest absolute Gasteiger partial charge is 0.00773 e. The fraction of sp³-hybridized carbons (Fsp3) is 1.00. The molecule has 0 atom stereocenters. The first kappa shape index (κ1) is 30.1. The maximum Gasteiger partial charge on any atom is -0.00773 e. The number of hydrogen-bond donors (Lipinski definition) is 2. The molecule has 0 fully saturated rings. The predicted octanol–water partition coefficient (Wildman–Crippen LogP) is 8.51. The summed E-state index contributed by atoms with van der Waals surface area (Å²) in [6.07, 6.45) is 30.9. The van der Waals surface area contributed by atoms with E-state index in [1.54, 1.807) is 0 Å². The van der Waals surface area contributed by atoms with Crippen LogP contribution in [0.4, 0.5) is 0 Å². The average molecular weight is 399 g/mol. The lowest BCUT2D eigenvalue weighted by Gasteiger charge is -2.03. The Morgan fingerprint density at radius 2 is 0.464 bits per heavy atom. The van der Waals surface area contributed by atoms with Gasteiger partial charge in [-0.05, 0) is 25.9 Å². The normalized spacial score (nSPS) is 10.7. The number of rotatable bonds is 22. The van der Waals surface area contributed by atoms with Crippen molar-refractivity contribution in [3.63, 3.8) is 0 Å². The molecule has 0 aliphatic rings. The van der Waals surface area contributed by atoms with Gasteiger partial charge in [0.05, 0.1) is 0 Å². The van der Waals surface area contributed by atoms with Crippen molar-refractivity contribution in [2.45, 2.75) is 155 Å². The van der Waals surface area contributed by atoms with Gasteiger partial charge in [0.25, 0.3) is 0 Å². The van der Waals surface area contributed by atoms with E-state index in [4.69, 9.17) is 11.5 Å². The first-order chi connectivity index (χ1) is 13.8.